The highest BCUT2D eigenvalue weighted by molar-refractivity contribution is 6.29. The average Bonchev–Trinajstić information content (AvgIpc) is 3.33. The molecule has 1 aliphatic heterocycles. The van der Waals surface area contributed by atoms with Gasteiger partial charge in [-0.15, -0.1) is 0 Å². The number of aromatic nitrogens is 3. The molecule has 0 spiro atoms. The Hall–Kier alpha value is -4.38. The van der Waals surface area contributed by atoms with Gasteiger partial charge in [0.1, 0.15) is 22.1 Å². The van der Waals surface area contributed by atoms with E-state index in [9.17, 15) is 19.5 Å². The smallest absolute Gasteiger partial charge is 0.410 e. The fourth-order valence-electron chi connectivity index (χ4n) is 5.09. The number of anilines is 1. The van der Waals surface area contributed by atoms with Gasteiger partial charge in [0, 0.05) is 17.7 Å². The molecule has 0 aliphatic carbocycles. The number of carboxylic acids is 1. The van der Waals surface area contributed by atoms with Gasteiger partial charge >= 0.3 is 12.1 Å². The van der Waals surface area contributed by atoms with Gasteiger partial charge in [0.15, 0.2) is 11.1 Å². The number of carboxylic acid groups (broad SMARTS) is 1. The largest absolute Gasteiger partial charge is 0.476 e. The number of aryl methyl sites for hydroxylation is 1. The lowest BCUT2D eigenvalue weighted by atomic mass is 9.98. The third-order valence-corrected chi connectivity index (χ3v) is 7.27. The number of nitrogens with zero attached hydrogens (tertiary/aromatic N) is 4. The number of aromatic carboxylic acids is 1. The number of rotatable bonds is 5. The van der Waals surface area contributed by atoms with Crippen LogP contribution in [-0.4, -0.2) is 49.0 Å². The van der Waals surface area contributed by atoms with Gasteiger partial charge in [-0.1, -0.05) is 17.7 Å². The van der Waals surface area contributed by atoms with Crippen LogP contribution in [0.25, 0.3) is 22.3 Å². The highest BCUT2D eigenvalue weighted by atomic mass is 35.5. The predicted octanol–water partition coefficient (Wildman–Crippen LogP) is 5.94. The van der Waals surface area contributed by atoms with Gasteiger partial charge < -0.3 is 24.5 Å². The van der Waals surface area contributed by atoms with E-state index in [-0.39, 0.29) is 28.5 Å². The van der Waals surface area contributed by atoms with Crippen LogP contribution < -0.4 is 10.7 Å². The SMILES string of the molecule is Cc1cc([C@@H](C)Nc2ccc(Cl)nc2C(=O)O)c2oc(-c3cnn4c3CN(C(=O)OC(C)(C)C)CC4)c(C)c(=O)c2c1. The number of ether oxygens (including phenoxy) is 1. The number of amides is 1. The van der Waals surface area contributed by atoms with Crippen molar-refractivity contribution < 1.29 is 23.8 Å². The van der Waals surface area contributed by atoms with Crippen LogP contribution in [0.2, 0.25) is 5.15 Å². The zero-order valence-electron chi connectivity index (χ0n) is 24.2. The van der Waals surface area contributed by atoms with E-state index >= 15 is 0 Å². The summed E-state index contributed by atoms with van der Waals surface area (Å²) in [7, 11) is 0. The third-order valence-electron chi connectivity index (χ3n) is 7.06. The van der Waals surface area contributed by atoms with Gasteiger partial charge in [-0.25, -0.2) is 14.6 Å². The molecule has 5 rings (SSSR count). The Morgan fingerprint density at radius 2 is 1.93 bits per heavy atom. The Morgan fingerprint density at radius 3 is 2.62 bits per heavy atom. The molecule has 0 bridgehead atoms. The molecule has 11 nitrogen and oxygen atoms in total. The van der Waals surface area contributed by atoms with Crippen molar-refractivity contribution in [2.75, 3.05) is 11.9 Å². The number of halogens is 1. The number of pyridine rings is 1. The maximum absolute atomic E-state index is 13.7. The highest BCUT2D eigenvalue weighted by Gasteiger charge is 2.30. The van der Waals surface area contributed by atoms with Crippen molar-refractivity contribution in [3.8, 4) is 11.3 Å². The molecule has 4 aromatic rings. The van der Waals surface area contributed by atoms with Crippen LogP contribution in [-0.2, 0) is 17.8 Å². The van der Waals surface area contributed by atoms with Crippen LogP contribution in [0.1, 0.15) is 66.6 Å². The summed E-state index contributed by atoms with van der Waals surface area (Å²) < 4.78 is 13.9. The molecule has 0 saturated heterocycles. The molecule has 220 valence electrons. The second-order valence-corrected chi connectivity index (χ2v) is 11.8. The second kappa shape index (κ2) is 10.8. The Kier molecular flexibility index (Phi) is 7.48. The molecular weight excluding hydrogens is 562 g/mol. The molecule has 2 N–H and O–H groups in total. The summed E-state index contributed by atoms with van der Waals surface area (Å²) in [5, 5.41) is 17.8. The summed E-state index contributed by atoms with van der Waals surface area (Å²) in [4.78, 5) is 43.9. The lowest BCUT2D eigenvalue weighted by Crippen LogP contribution is -2.41. The minimum Gasteiger partial charge on any atom is -0.476 e. The summed E-state index contributed by atoms with van der Waals surface area (Å²) in [6, 6.07) is 6.25. The Balaban J connectivity index is 1.59. The summed E-state index contributed by atoms with van der Waals surface area (Å²) in [6.07, 6.45) is 1.23. The first-order chi connectivity index (χ1) is 19.7. The van der Waals surface area contributed by atoms with E-state index in [2.05, 4.69) is 15.4 Å². The maximum Gasteiger partial charge on any atom is 0.410 e. The van der Waals surface area contributed by atoms with Crippen molar-refractivity contribution >= 4 is 40.3 Å². The highest BCUT2D eigenvalue weighted by Crippen LogP contribution is 2.35. The fraction of sp³-hybridized carbons (Fsp3) is 0.367. The average molecular weight is 594 g/mol. The van der Waals surface area contributed by atoms with Crippen LogP contribution in [0.5, 0.6) is 0 Å². The van der Waals surface area contributed by atoms with Crippen LogP contribution in [0.4, 0.5) is 10.5 Å². The van der Waals surface area contributed by atoms with E-state index in [1.54, 1.807) is 34.8 Å². The van der Waals surface area contributed by atoms with Crippen molar-refractivity contribution in [2.45, 2.75) is 66.3 Å². The standard InChI is InChI=1S/C30H32ClN5O6/c1-15-11-18(17(3)33-21-7-8-23(31)34-24(21)28(38)39)27-19(12-15)25(37)16(2)26(41-27)20-13-32-36-10-9-35(14-22(20)36)29(40)42-30(4,5)6/h7-8,11-13,17,33H,9-10,14H2,1-6H3,(H,38,39)/t17-/m1/s1. The topological polar surface area (TPSA) is 140 Å². The van der Waals surface area contributed by atoms with Crippen LogP contribution >= 0.6 is 11.6 Å². The van der Waals surface area contributed by atoms with Crippen LogP contribution in [0.15, 0.2) is 39.7 Å². The van der Waals surface area contributed by atoms with Crippen molar-refractivity contribution in [3.05, 3.63) is 73.9 Å². The molecule has 1 atom stereocenters. The molecule has 1 aromatic carbocycles. The lowest BCUT2D eigenvalue weighted by Gasteiger charge is -2.30. The molecule has 4 heterocycles. The second-order valence-electron chi connectivity index (χ2n) is 11.4. The van der Waals surface area contributed by atoms with Crippen molar-refractivity contribution in [1.82, 2.24) is 19.7 Å². The van der Waals surface area contributed by atoms with Crippen molar-refractivity contribution in [3.63, 3.8) is 0 Å². The molecule has 12 heteroatoms. The molecule has 3 aromatic heterocycles. The molecule has 0 fully saturated rings. The predicted molar refractivity (Wildman–Crippen MR) is 158 cm³/mol. The van der Waals surface area contributed by atoms with Crippen molar-refractivity contribution in [1.29, 1.82) is 0 Å². The number of hydrogen-bond donors (Lipinski definition) is 2. The Bertz CT molecular complexity index is 1790. The zero-order chi connectivity index (χ0) is 30.5. The molecule has 1 aliphatic rings. The third kappa shape index (κ3) is 5.56. The van der Waals surface area contributed by atoms with E-state index in [0.29, 0.717) is 46.5 Å². The van der Waals surface area contributed by atoms with Gasteiger partial charge in [-0.05, 0) is 65.3 Å². The Morgan fingerprint density at radius 1 is 1.19 bits per heavy atom. The molecular formula is C30H32ClN5O6. The first kappa shape index (κ1) is 29.1. The normalized spacial score (nSPS) is 14.0. The summed E-state index contributed by atoms with van der Waals surface area (Å²) in [6.45, 7) is 12.0. The van der Waals surface area contributed by atoms with E-state index < -0.39 is 23.7 Å². The first-order valence-corrected chi connectivity index (χ1v) is 13.9. The van der Waals surface area contributed by atoms with Gasteiger partial charge in [0.2, 0.25) is 0 Å². The molecule has 0 radical (unpaired) electrons. The number of benzene rings is 1. The molecule has 1 amide bonds. The number of carbonyl (C=O) groups is 2. The number of carbonyl (C=O) groups excluding carboxylic acids is 1. The minimum atomic E-state index is -1.22. The number of fused-ring (bicyclic) bond motifs is 2. The van der Waals surface area contributed by atoms with E-state index in [1.807, 2.05) is 40.7 Å². The van der Waals surface area contributed by atoms with Crippen molar-refractivity contribution in [2.24, 2.45) is 0 Å². The molecule has 0 unspecified atom stereocenters. The summed E-state index contributed by atoms with van der Waals surface area (Å²) in [5.74, 6) is -0.867. The van der Waals surface area contributed by atoms with E-state index in [1.165, 1.54) is 6.07 Å². The van der Waals surface area contributed by atoms with E-state index in [4.69, 9.17) is 20.8 Å². The van der Waals surface area contributed by atoms with Gasteiger partial charge in [0.25, 0.3) is 0 Å². The summed E-state index contributed by atoms with van der Waals surface area (Å²) in [5.41, 5.74) is 2.86. The quantitative estimate of drug-likeness (QED) is 0.269. The van der Waals surface area contributed by atoms with Crippen LogP contribution in [0.3, 0.4) is 0 Å². The molecule has 42 heavy (non-hydrogen) atoms. The van der Waals surface area contributed by atoms with E-state index in [0.717, 1.165) is 11.3 Å². The number of nitrogens with one attached hydrogen (secondary N) is 1. The van der Waals surface area contributed by atoms with Gasteiger partial charge in [-0.2, -0.15) is 5.10 Å². The van der Waals surface area contributed by atoms with Gasteiger partial charge in [-0.3, -0.25) is 9.48 Å². The summed E-state index contributed by atoms with van der Waals surface area (Å²) >= 11 is 5.93. The van der Waals surface area contributed by atoms with Crippen LogP contribution in [0, 0.1) is 13.8 Å². The van der Waals surface area contributed by atoms with Gasteiger partial charge in [0.05, 0.1) is 47.7 Å². The molecule has 0 saturated carbocycles. The maximum atomic E-state index is 13.7. The first-order valence-electron chi connectivity index (χ1n) is 13.5. The Labute approximate surface area is 247 Å². The zero-order valence-corrected chi connectivity index (χ0v) is 25.0. The lowest BCUT2D eigenvalue weighted by molar-refractivity contribution is 0.0194. The fourth-order valence-corrected chi connectivity index (χ4v) is 5.24. The minimum absolute atomic E-state index is 0.0625. The number of hydrogen-bond acceptors (Lipinski definition) is 8. The monoisotopic (exact) mass is 593 g/mol.